The molecule has 59 heavy (non-hydrogen) atoms. The van der Waals surface area contributed by atoms with E-state index in [4.69, 9.17) is 9.97 Å². The minimum Gasteiger partial charge on any atom is -0.264 e. The average molecular weight is 752 g/mol. The molecule has 0 unspecified atom stereocenters. The molecule has 0 atom stereocenters. The van der Waals surface area contributed by atoms with Gasteiger partial charge in [-0.15, -0.1) is 0 Å². The van der Waals surface area contributed by atoms with Crippen molar-refractivity contribution in [3.8, 4) is 67.3 Å². The molecular formula is C56H37N3. The highest BCUT2D eigenvalue weighted by Gasteiger charge is 2.52. The Morgan fingerprint density at radius 3 is 1.88 bits per heavy atom. The molecule has 7 aromatic carbocycles. The molecule has 276 valence electrons. The Balaban J connectivity index is 1.03. The predicted molar refractivity (Wildman–Crippen MR) is 242 cm³/mol. The Hall–Kier alpha value is -7.49. The van der Waals surface area contributed by atoms with Crippen LogP contribution in [0.5, 0.6) is 0 Å². The highest BCUT2D eigenvalue weighted by Crippen LogP contribution is 2.63. The fourth-order valence-corrected chi connectivity index (χ4v) is 9.98. The van der Waals surface area contributed by atoms with Crippen LogP contribution in [0, 0.1) is 0 Å². The van der Waals surface area contributed by atoms with Gasteiger partial charge in [-0.25, -0.2) is 9.97 Å². The maximum Gasteiger partial charge on any atom is 0.160 e. The van der Waals surface area contributed by atoms with Gasteiger partial charge in [0.25, 0.3) is 0 Å². The molecule has 3 aliphatic carbocycles. The number of rotatable bonds is 5. The zero-order valence-electron chi connectivity index (χ0n) is 32.3. The van der Waals surface area contributed by atoms with Crippen molar-refractivity contribution >= 4 is 16.3 Å². The molecular weight excluding hydrogens is 715 g/mol. The van der Waals surface area contributed by atoms with E-state index in [1.54, 1.807) is 0 Å². The first kappa shape index (κ1) is 33.6. The first-order chi connectivity index (χ1) is 29.2. The van der Waals surface area contributed by atoms with Gasteiger partial charge in [0, 0.05) is 34.6 Å². The summed E-state index contributed by atoms with van der Waals surface area (Å²) in [4.78, 5) is 15.2. The van der Waals surface area contributed by atoms with Crippen LogP contribution < -0.4 is 0 Å². The number of hydrogen-bond acceptors (Lipinski definition) is 3. The fourth-order valence-electron chi connectivity index (χ4n) is 9.98. The molecule has 9 aromatic rings. The van der Waals surface area contributed by atoms with E-state index in [2.05, 4.69) is 187 Å². The fraction of sp³-hybridized carbons (Fsp3) is 0.0536. The van der Waals surface area contributed by atoms with Crippen molar-refractivity contribution in [2.75, 3.05) is 0 Å². The Morgan fingerprint density at radius 1 is 0.424 bits per heavy atom. The van der Waals surface area contributed by atoms with Gasteiger partial charge in [-0.2, -0.15) is 0 Å². The summed E-state index contributed by atoms with van der Waals surface area (Å²) in [6, 6.07) is 63.8. The largest absolute Gasteiger partial charge is 0.264 e. The molecule has 0 amide bonds. The standard InChI is InChI=1S/C56H37N3/c1-2-12-39-31-41(27-24-36(39)11-1)37-22-25-38(26-23-37)53-34-54(42-14-9-13-40(32-42)44-15-10-30-57-35-44)59-55(58-53)43-28-29-48-47-18-5-8-21-51(47)56(52(48)33-43)49-19-6-3-16-45(49)46-17-4-7-20-50(46)56/h1-4,6-17,19-35H,5,18H2. The first-order valence-corrected chi connectivity index (χ1v) is 20.5. The van der Waals surface area contributed by atoms with E-state index >= 15 is 0 Å². The molecule has 0 saturated heterocycles. The van der Waals surface area contributed by atoms with Crippen LogP contribution in [-0.2, 0) is 5.41 Å². The van der Waals surface area contributed by atoms with Crippen LogP contribution in [0.4, 0.5) is 0 Å². The van der Waals surface area contributed by atoms with Crippen molar-refractivity contribution in [1.82, 2.24) is 15.0 Å². The van der Waals surface area contributed by atoms with Gasteiger partial charge in [0.2, 0.25) is 0 Å². The number of fused-ring (bicyclic) bond motifs is 10. The molecule has 0 fully saturated rings. The van der Waals surface area contributed by atoms with Crippen molar-refractivity contribution in [1.29, 1.82) is 0 Å². The SMILES string of the molecule is C1=CC2=C(CC1)c1ccc(-c3nc(-c4ccc(-c5ccc6ccccc6c5)cc4)cc(-c4cccc(-c5cccnc5)c4)n3)cc1C21c2ccccc2-c2ccccc21. The van der Waals surface area contributed by atoms with Crippen molar-refractivity contribution in [3.63, 3.8) is 0 Å². The van der Waals surface area contributed by atoms with Crippen LogP contribution >= 0.6 is 0 Å². The average Bonchev–Trinajstić information content (AvgIpc) is 3.79. The van der Waals surface area contributed by atoms with Gasteiger partial charge in [0.05, 0.1) is 16.8 Å². The molecule has 0 N–H and O–H groups in total. The summed E-state index contributed by atoms with van der Waals surface area (Å²) in [7, 11) is 0. The van der Waals surface area contributed by atoms with Crippen LogP contribution in [0.25, 0.3) is 83.6 Å². The van der Waals surface area contributed by atoms with Gasteiger partial charge in [0.15, 0.2) is 5.82 Å². The Bertz CT molecular complexity index is 3160. The van der Waals surface area contributed by atoms with Gasteiger partial charge in [-0.3, -0.25) is 4.98 Å². The lowest BCUT2D eigenvalue weighted by molar-refractivity contribution is 0.780. The highest BCUT2D eigenvalue weighted by molar-refractivity contribution is 5.97. The number of benzene rings is 7. The third-order valence-corrected chi connectivity index (χ3v) is 12.7. The highest BCUT2D eigenvalue weighted by atomic mass is 14.9. The van der Waals surface area contributed by atoms with Crippen molar-refractivity contribution in [3.05, 3.63) is 228 Å². The molecule has 2 aromatic heterocycles. The van der Waals surface area contributed by atoms with Crippen molar-refractivity contribution in [2.24, 2.45) is 0 Å². The van der Waals surface area contributed by atoms with Crippen LogP contribution in [0.2, 0.25) is 0 Å². The van der Waals surface area contributed by atoms with Gasteiger partial charge >= 0.3 is 0 Å². The van der Waals surface area contributed by atoms with E-state index in [9.17, 15) is 0 Å². The maximum absolute atomic E-state index is 5.39. The molecule has 12 rings (SSSR count). The molecule has 3 nitrogen and oxygen atoms in total. The number of allylic oxidation sites excluding steroid dienone is 4. The minimum atomic E-state index is -0.401. The van der Waals surface area contributed by atoms with Gasteiger partial charge in [0.1, 0.15) is 0 Å². The van der Waals surface area contributed by atoms with Crippen LogP contribution in [0.3, 0.4) is 0 Å². The Kier molecular flexibility index (Phi) is 7.58. The molecule has 2 heterocycles. The van der Waals surface area contributed by atoms with E-state index < -0.39 is 5.41 Å². The van der Waals surface area contributed by atoms with E-state index in [1.165, 1.54) is 66.4 Å². The Labute approximate surface area is 343 Å². The number of nitrogens with zero attached hydrogens (tertiary/aromatic N) is 3. The molecule has 0 saturated carbocycles. The van der Waals surface area contributed by atoms with Crippen molar-refractivity contribution < 1.29 is 0 Å². The molecule has 0 bridgehead atoms. The molecule has 1 spiro atoms. The summed E-state index contributed by atoms with van der Waals surface area (Å²) in [6.07, 6.45) is 10.6. The minimum absolute atomic E-state index is 0.401. The van der Waals surface area contributed by atoms with E-state index in [0.29, 0.717) is 5.82 Å². The number of hydrogen-bond donors (Lipinski definition) is 0. The smallest absolute Gasteiger partial charge is 0.160 e. The first-order valence-electron chi connectivity index (χ1n) is 20.5. The molecule has 0 aliphatic heterocycles. The summed E-state index contributed by atoms with van der Waals surface area (Å²) in [5, 5.41) is 2.48. The van der Waals surface area contributed by atoms with Crippen LogP contribution in [-0.4, -0.2) is 15.0 Å². The summed E-state index contributed by atoms with van der Waals surface area (Å²) < 4.78 is 0. The predicted octanol–water partition coefficient (Wildman–Crippen LogP) is 13.8. The molecule has 3 heteroatoms. The number of pyridine rings is 1. The van der Waals surface area contributed by atoms with E-state index in [0.717, 1.165) is 52.0 Å². The monoisotopic (exact) mass is 751 g/mol. The van der Waals surface area contributed by atoms with Gasteiger partial charge < -0.3 is 0 Å². The summed E-state index contributed by atoms with van der Waals surface area (Å²) in [5.74, 6) is 0.709. The lowest BCUT2D eigenvalue weighted by Crippen LogP contribution is -2.27. The summed E-state index contributed by atoms with van der Waals surface area (Å²) >= 11 is 0. The van der Waals surface area contributed by atoms with Crippen LogP contribution in [0.1, 0.15) is 35.1 Å². The third kappa shape index (κ3) is 5.25. The second-order valence-electron chi connectivity index (χ2n) is 15.9. The summed E-state index contributed by atoms with van der Waals surface area (Å²) in [6.45, 7) is 0. The number of aromatic nitrogens is 3. The second-order valence-corrected chi connectivity index (χ2v) is 15.9. The zero-order chi connectivity index (χ0) is 38.9. The third-order valence-electron chi connectivity index (χ3n) is 12.7. The van der Waals surface area contributed by atoms with Crippen LogP contribution in [0.15, 0.2) is 206 Å². The maximum atomic E-state index is 5.39. The quantitative estimate of drug-likeness (QED) is 0.176. The normalized spacial score (nSPS) is 14.3. The topological polar surface area (TPSA) is 38.7 Å². The Morgan fingerprint density at radius 2 is 1.08 bits per heavy atom. The lowest BCUT2D eigenvalue weighted by Gasteiger charge is -2.32. The van der Waals surface area contributed by atoms with Gasteiger partial charge in [-0.1, -0.05) is 158 Å². The van der Waals surface area contributed by atoms with Crippen molar-refractivity contribution in [2.45, 2.75) is 18.3 Å². The van der Waals surface area contributed by atoms with Gasteiger partial charge in [-0.05, 0) is 115 Å². The second kappa shape index (κ2) is 13.3. The molecule has 3 aliphatic rings. The summed E-state index contributed by atoms with van der Waals surface area (Å²) in [5.41, 5.74) is 19.8. The lowest BCUT2D eigenvalue weighted by atomic mass is 9.69. The van der Waals surface area contributed by atoms with E-state index in [-0.39, 0.29) is 0 Å². The van der Waals surface area contributed by atoms with E-state index in [1.807, 2.05) is 18.5 Å². The molecule has 0 radical (unpaired) electrons. The zero-order valence-corrected chi connectivity index (χ0v) is 32.3.